The quantitative estimate of drug-likeness (QED) is 0.754. The number of nitrogens with zero attached hydrogens (tertiary/aromatic N) is 2. The van der Waals surface area contributed by atoms with Gasteiger partial charge in [-0.25, -0.2) is 0 Å². The Morgan fingerprint density at radius 3 is 2.24 bits per heavy atom. The first-order valence-electron chi connectivity index (χ1n) is 6.23. The van der Waals surface area contributed by atoms with Crippen molar-refractivity contribution < 1.29 is 4.79 Å². The van der Waals surface area contributed by atoms with Crippen molar-refractivity contribution in [1.82, 2.24) is 4.90 Å². The van der Waals surface area contributed by atoms with Crippen molar-refractivity contribution in [3.63, 3.8) is 0 Å². The third-order valence-electron chi connectivity index (χ3n) is 3.05. The molecule has 0 bridgehead atoms. The van der Waals surface area contributed by atoms with E-state index in [2.05, 4.69) is 18.7 Å². The van der Waals surface area contributed by atoms with Crippen LogP contribution < -0.4 is 4.90 Å². The first-order valence-corrected chi connectivity index (χ1v) is 6.23. The summed E-state index contributed by atoms with van der Waals surface area (Å²) in [7, 11) is 1.83. The van der Waals surface area contributed by atoms with Crippen molar-refractivity contribution in [3.8, 4) is 0 Å². The minimum Gasteiger partial charge on any atom is -0.315 e. The molecule has 0 aliphatic rings. The fourth-order valence-electron chi connectivity index (χ4n) is 1.76. The largest absolute Gasteiger partial charge is 0.315 e. The predicted octanol–water partition coefficient (Wildman–Crippen LogP) is 2.38. The van der Waals surface area contributed by atoms with E-state index in [1.807, 2.05) is 37.4 Å². The summed E-state index contributed by atoms with van der Waals surface area (Å²) in [5.41, 5.74) is 0.956. The summed E-state index contributed by atoms with van der Waals surface area (Å²) in [6.45, 7) is 7.07. The summed E-state index contributed by atoms with van der Waals surface area (Å²) in [6.07, 6.45) is 0.576. The molecule has 0 unspecified atom stereocenters. The molecule has 0 fully saturated rings. The van der Waals surface area contributed by atoms with Crippen LogP contribution in [0.5, 0.6) is 0 Å². The van der Waals surface area contributed by atoms with Crippen LogP contribution >= 0.6 is 0 Å². The Balaban J connectivity index is 2.48. The fourth-order valence-corrected chi connectivity index (χ4v) is 1.76. The Kier molecular flexibility index (Phi) is 5.70. The summed E-state index contributed by atoms with van der Waals surface area (Å²) in [6, 6.07) is 9.76. The Morgan fingerprint density at radius 2 is 1.71 bits per heavy atom. The highest BCUT2D eigenvalue weighted by molar-refractivity contribution is 5.92. The SMILES string of the molecule is CCN(CC)CCC(=O)N(C)c1ccccc1. The Labute approximate surface area is 104 Å². The second-order valence-electron chi connectivity index (χ2n) is 4.07. The predicted molar refractivity (Wildman–Crippen MR) is 72.3 cm³/mol. The molecule has 1 amide bonds. The van der Waals surface area contributed by atoms with Crippen LogP contribution in [0.4, 0.5) is 5.69 Å². The molecule has 1 rings (SSSR count). The zero-order valence-corrected chi connectivity index (χ0v) is 11.0. The van der Waals surface area contributed by atoms with E-state index in [0.29, 0.717) is 6.42 Å². The topological polar surface area (TPSA) is 23.6 Å². The molecule has 0 saturated heterocycles. The van der Waals surface area contributed by atoms with Crippen molar-refractivity contribution in [2.24, 2.45) is 0 Å². The Morgan fingerprint density at radius 1 is 1.12 bits per heavy atom. The molecule has 94 valence electrons. The lowest BCUT2D eigenvalue weighted by Crippen LogP contribution is -2.32. The molecule has 0 radical (unpaired) electrons. The average Bonchev–Trinajstić information content (AvgIpc) is 2.39. The third-order valence-corrected chi connectivity index (χ3v) is 3.05. The van der Waals surface area contributed by atoms with Crippen molar-refractivity contribution in [2.75, 3.05) is 31.6 Å². The van der Waals surface area contributed by atoms with E-state index in [1.165, 1.54) is 0 Å². The molecule has 0 aliphatic carbocycles. The molecule has 0 aliphatic heterocycles. The van der Waals surface area contributed by atoms with Gasteiger partial charge in [0.1, 0.15) is 0 Å². The van der Waals surface area contributed by atoms with E-state index >= 15 is 0 Å². The maximum absolute atomic E-state index is 12.0. The van der Waals surface area contributed by atoms with Gasteiger partial charge < -0.3 is 9.80 Å². The van der Waals surface area contributed by atoms with Gasteiger partial charge in [0.25, 0.3) is 0 Å². The molecule has 1 aromatic carbocycles. The minimum atomic E-state index is 0.170. The van der Waals surface area contributed by atoms with Gasteiger partial charge in [-0.3, -0.25) is 4.79 Å². The highest BCUT2D eigenvalue weighted by atomic mass is 16.2. The molecule has 0 atom stereocenters. The smallest absolute Gasteiger partial charge is 0.228 e. The van der Waals surface area contributed by atoms with Crippen LogP contribution in [0.1, 0.15) is 20.3 Å². The van der Waals surface area contributed by atoms with Crippen LogP contribution in [0.2, 0.25) is 0 Å². The van der Waals surface area contributed by atoms with Gasteiger partial charge in [0, 0.05) is 25.7 Å². The molecule has 0 spiro atoms. The molecule has 3 heteroatoms. The van der Waals surface area contributed by atoms with Gasteiger partial charge in [0.2, 0.25) is 5.91 Å². The number of carbonyl (C=O) groups is 1. The minimum absolute atomic E-state index is 0.170. The lowest BCUT2D eigenvalue weighted by atomic mass is 10.2. The lowest BCUT2D eigenvalue weighted by molar-refractivity contribution is -0.118. The van der Waals surface area contributed by atoms with Crippen LogP contribution in [0.25, 0.3) is 0 Å². The number of hydrogen-bond acceptors (Lipinski definition) is 2. The summed E-state index contributed by atoms with van der Waals surface area (Å²) < 4.78 is 0. The van der Waals surface area contributed by atoms with Crippen LogP contribution in [-0.4, -0.2) is 37.5 Å². The normalized spacial score (nSPS) is 10.6. The molecular weight excluding hydrogens is 212 g/mol. The molecule has 0 heterocycles. The van der Waals surface area contributed by atoms with Crippen molar-refractivity contribution in [3.05, 3.63) is 30.3 Å². The summed E-state index contributed by atoms with van der Waals surface area (Å²) >= 11 is 0. The molecule has 1 aromatic rings. The van der Waals surface area contributed by atoms with Gasteiger partial charge in [0.05, 0.1) is 0 Å². The number of para-hydroxylation sites is 1. The highest BCUT2D eigenvalue weighted by Crippen LogP contribution is 2.12. The number of anilines is 1. The van der Waals surface area contributed by atoms with E-state index in [1.54, 1.807) is 4.90 Å². The van der Waals surface area contributed by atoms with Gasteiger partial charge >= 0.3 is 0 Å². The number of amides is 1. The summed E-state index contributed by atoms with van der Waals surface area (Å²) in [5.74, 6) is 0.170. The standard InChI is InChI=1S/C14H22N2O/c1-4-16(5-2)12-11-14(17)15(3)13-9-7-6-8-10-13/h6-10H,4-5,11-12H2,1-3H3. The second-order valence-corrected chi connectivity index (χ2v) is 4.07. The van der Waals surface area contributed by atoms with Gasteiger partial charge in [-0.15, -0.1) is 0 Å². The summed E-state index contributed by atoms with van der Waals surface area (Å²) in [5, 5.41) is 0. The van der Waals surface area contributed by atoms with E-state index in [4.69, 9.17) is 0 Å². The van der Waals surface area contributed by atoms with E-state index in [9.17, 15) is 4.79 Å². The van der Waals surface area contributed by atoms with E-state index < -0.39 is 0 Å². The lowest BCUT2D eigenvalue weighted by Gasteiger charge is -2.21. The van der Waals surface area contributed by atoms with Crippen molar-refractivity contribution in [2.45, 2.75) is 20.3 Å². The number of rotatable bonds is 6. The van der Waals surface area contributed by atoms with E-state index in [-0.39, 0.29) is 5.91 Å². The van der Waals surface area contributed by atoms with Gasteiger partial charge in [-0.1, -0.05) is 32.0 Å². The molecule has 0 aromatic heterocycles. The molecule has 17 heavy (non-hydrogen) atoms. The first-order chi connectivity index (χ1) is 8.19. The maximum Gasteiger partial charge on any atom is 0.228 e. The van der Waals surface area contributed by atoms with Gasteiger partial charge in [-0.05, 0) is 25.2 Å². The molecule has 0 N–H and O–H groups in total. The van der Waals surface area contributed by atoms with Crippen molar-refractivity contribution >= 4 is 11.6 Å². The highest BCUT2D eigenvalue weighted by Gasteiger charge is 2.11. The van der Waals surface area contributed by atoms with Crippen LogP contribution in [0, 0.1) is 0 Å². The Bertz CT molecular complexity index is 333. The number of benzene rings is 1. The molecule has 0 saturated carbocycles. The maximum atomic E-state index is 12.0. The van der Waals surface area contributed by atoms with Gasteiger partial charge in [0.15, 0.2) is 0 Å². The Hall–Kier alpha value is -1.35. The van der Waals surface area contributed by atoms with E-state index in [0.717, 1.165) is 25.3 Å². The third kappa shape index (κ3) is 4.19. The van der Waals surface area contributed by atoms with Gasteiger partial charge in [-0.2, -0.15) is 0 Å². The zero-order chi connectivity index (χ0) is 12.7. The van der Waals surface area contributed by atoms with Crippen LogP contribution in [-0.2, 0) is 4.79 Å². The average molecular weight is 234 g/mol. The summed E-state index contributed by atoms with van der Waals surface area (Å²) in [4.78, 5) is 16.0. The number of carbonyl (C=O) groups excluding carboxylic acids is 1. The number of hydrogen-bond donors (Lipinski definition) is 0. The first kappa shape index (κ1) is 13.7. The van der Waals surface area contributed by atoms with Crippen LogP contribution in [0.3, 0.4) is 0 Å². The van der Waals surface area contributed by atoms with Crippen LogP contribution in [0.15, 0.2) is 30.3 Å². The molecular formula is C14H22N2O. The zero-order valence-electron chi connectivity index (χ0n) is 11.0. The second kappa shape index (κ2) is 7.07. The monoisotopic (exact) mass is 234 g/mol. The van der Waals surface area contributed by atoms with Crippen molar-refractivity contribution in [1.29, 1.82) is 0 Å². The molecule has 3 nitrogen and oxygen atoms in total. The fraction of sp³-hybridized carbons (Fsp3) is 0.500.